The van der Waals surface area contributed by atoms with Crippen LogP contribution >= 0.6 is 0 Å². The second kappa shape index (κ2) is 14.1. The molecule has 0 radical (unpaired) electrons. The zero-order valence-electron chi connectivity index (χ0n) is 27.1. The fraction of sp³-hybridized carbons (Fsp3) is 0.455. The fourth-order valence-electron chi connectivity index (χ4n) is 5.57. The van der Waals surface area contributed by atoms with Crippen molar-refractivity contribution in [1.29, 1.82) is 0 Å². The number of hydrogen-bond donors (Lipinski definition) is 0. The van der Waals surface area contributed by atoms with Crippen molar-refractivity contribution < 1.29 is 59.0 Å². The van der Waals surface area contributed by atoms with Gasteiger partial charge < -0.3 is 28.4 Å². The van der Waals surface area contributed by atoms with E-state index >= 15 is 0 Å². The highest BCUT2D eigenvalue weighted by Gasteiger charge is 2.45. The van der Waals surface area contributed by atoms with Crippen molar-refractivity contribution in [3.8, 4) is 5.88 Å². The summed E-state index contributed by atoms with van der Waals surface area (Å²) in [5.41, 5.74) is -2.52. The number of alkyl halides is 6. The largest absolute Gasteiger partial charge is 0.465 e. The van der Waals surface area contributed by atoms with Crippen molar-refractivity contribution >= 4 is 19.6 Å². The van der Waals surface area contributed by atoms with Gasteiger partial charge in [-0.2, -0.15) is 26.3 Å². The molecule has 8 nitrogen and oxygen atoms in total. The molecule has 0 unspecified atom stereocenters. The number of fused-ring (bicyclic) bond motifs is 1. The normalized spacial score (nSPS) is 19.0. The Labute approximate surface area is 278 Å². The number of amides is 1. The van der Waals surface area contributed by atoms with Crippen LogP contribution in [0.5, 0.6) is 5.88 Å². The predicted octanol–water partition coefficient (Wildman–Crippen LogP) is 8.41. The SMILES string of the molecule is C[C@@H](OC1=C(c2ccc(F)cc2)[C@@H]2CN(C(=O)c3cc(OCOCC[Si](C)(C)C)no3)C[C@H]2CO1)c1cc(C(F)(F)F)cc(C(F)(F)F)c1. The third-order valence-electron chi connectivity index (χ3n) is 8.25. The number of nitrogens with zero attached hydrogens (tertiary/aromatic N) is 2. The molecule has 266 valence electrons. The molecule has 3 atom stereocenters. The lowest BCUT2D eigenvalue weighted by Crippen LogP contribution is -2.29. The summed E-state index contributed by atoms with van der Waals surface area (Å²) < 4.78 is 123. The van der Waals surface area contributed by atoms with Crippen LogP contribution < -0.4 is 4.74 Å². The molecule has 49 heavy (non-hydrogen) atoms. The summed E-state index contributed by atoms with van der Waals surface area (Å²) in [5, 5.41) is 3.79. The van der Waals surface area contributed by atoms with Crippen LogP contribution in [0.2, 0.25) is 25.7 Å². The minimum absolute atomic E-state index is 0.0249. The Bertz CT molecular complexity index is 1640. The molecule has 1 aromatic heterocycles. The zero-order chi connectivity index (χ0) is 35.7. The van der Waals surface area contributed by atoms with Crippen molar-refractivity contribution in [3.63, 3.8) is 0 Å². The van der Waals surface area contributed by atoms with Crippen LogP contribution in [0.3, 0.4) is 0 Å². The van der Waals surface area contributed by atoms with Gasteiger partial charge in [0.2, 0.25) is 5.76 Å². The number of likely N-dealkylation sites (tertiary alicyclic amines) is 1. The highest BCUT2D eigenvalue weighted by Crippen LogP contribution is 2.44. The highest BCUT2D eigenvalue weighted by molar-refractivity contribution is 6.76. The summed E-state index contributed by atoms with van der Waals surface area (Å²) in [6, 6.07) is 8.81. The first kappa shape index (κ1) is 36.2. The van der Waals surface area contributed by atoms with Crippen LogP contribution in [0.1, 0.15) is 45.8 Å². The Kier molecular flexibility index (Phi) is 10.4. The summed E-state index contributed by atoms with van der Waals surface area (Å²) in [4.78, 5) is 14.9. The second-order valence-electron chi connectivity index (χ2n) is 13.2. The van der Waals surface area contributed by atoms with Gasteiger partial charge in [-0.3, -0.25) is 4.79 Å². The van der Waals surface area contributed by atoms with Crippen molar-refractivity contribution in [1.82, 2.24) is 10.1 Å². The molecule has 16 heteroatoms. The lowest BCUT2D eigenvalue weighted by molar-refractivity contribution is -0.143. The Hall–Kier alpha value is -4.05. The number of carbonyl (C=O) groups is 1. The van der Waals surface area contributed by atoms with E-state index in [0.717, 1.165) is 6.04 Å². The first-order valence-electron chi connectivity index (χ1n) is 15.4. The van der Waals surface area contributed by atoms with Crippen LogP contribution in [-0.2, 0) is 26.6 Å². The molecule has 3 heterocycles. The summed E-state index contributed by atoms with van der Waals surface area (Å²) in [7, 11) is -1.28. The van der Waals surface area contributed by atoms with Crippen LogP contribution in [0.15, 0.2) is 59.0 Å². The minimum Gasteiger partial charge on any atom is -0.465 e. The summed E-state index contributed by atoms with van der Waals surface area (Å²) in [6.07, 6.45) is -11.4. The molecule has 3 aromatic rings. The minimum atomic E-state index is -5.04. The van der Waals surface area contributed by atoms with Crippen molar-refractivity contribution in [3.05, 3.63) is 88.3 Å². The Morgan fingerprint density at radius 3 is 2.27 bits per heavy atom. The molecule has 2 aliphatic heterocycles. The predicted molar refractivity (Wildman–Crippen MR) is 164 cm³/mol. The van der Waals surface area contributed by atoms with Gasteiger partial charge in [-0.05, 0) is 59.6 Å². The average Bonchev–Trinajstić information content (AvgIpc) is 3.67. The smallest absolute Gasteiger partial charge is 0.416 e. The van der Waals surface area contributed by atoms with E-state index in [1.807, 2.05) is 0 Å². The molecule has 1 saturated heterocycles. The van der Waals surface area contributed by atoms with Crippen molar-refractivity contribution in [2.45, 2.75) is 51.1 Å². The lowest BCUT2D eigenvalue weighted by atomic mass is 9.84. The van der Waals surface area contributed by atoms with E-state index in [-0.39, 0.29) is 61.6 Å². The number of rotatable bonds is 11. The molecule has 0 spiro atoms. The highest BCUT2D eigenvalue weighted by atomic mass is 28.3. The van der Waals surface area contributed by atoms with E-state index < -0.39 is 55.3 Å². The van der Waals surface area contributed by atoms with Gasteiger partial charge in [0, 0.05) is 45.2 Å². The summed E-state index contributed by atoms with van der Waals surface area (Å²) in [5.74, 6) is -1.92. The van der Waals surface area contributed by atoms with Crippen LogP contribution in [0.25, 0.3) is 5.57 Å². The molecule has 0 N–H and O–H groups in total. The maximum absolute atomic E-state index is 13.9. The average molecular weight is 717 g/mol. The van der Waals surface area contributed by atoms with E-state index in [9.17, 15) is 35.5 Å². The third-order valence-corrected chi connectivity index (χ3v) is 9.96. The topological polar surface area (TPSA) is 83.3 Å². The van der Waals surface area contributed by atoms with Crippen molar-refractivity contribution in [2.75, 3.05) is 33.1 Å². The van der Waals surface area contributed by atoms with E-state index in [0.29, 0.717) is 29.9 Å². The fourth-order valence-corrected chi connectivity index (χ4v) is 6.33. The molecular weight excluding hydrogens is 681 g/mol. The van der Waals surface area contributed by atoms with Gasteiger partial charge in [-0.25, -0.2) is 4.39 Å². The third kappa shape index (κ3) is 8.95. The van der Waals surface area contributed by atoms with Gasteiger partial charge in [0.1, 0.15) is 11.9 Å². The Balaban J connectivity index is 1.36. The number of aromatic nitrogens is 1. The van der Waals surface area contributed by atoms with Crippen molar-refractivity contribution in [2.24, 2.45) is 11.8 Å². The van der Waals surface area contributed by atoms with Gasteiger partial charge in [0.25, 0.3) is 17.7 Å². The quantitative estimate of drug-likeness (QED) is 0.0853. The zero-order valence-corrected chi connectivity index (χ0v) is 28.1. The molecule has 5 rings (SSSR count). The number of carbonyl (C=O) groups excluding carboxylic acids is 1. The molecule has 1 fully saturated rings. The van der Waals surface area contributed by atoms with Gasteiger partial charge in [0.05, 0.1) is 23.8 Å². The lowest BCUT2D eigenvalue weighted by Gasteiger charge is -2.31. The number of hydrogen-bond acceptors (Lipinski definition) is 7. The van der Waals surface area contributed by atoms with Gasteiger partial charge in [0.15, 0.2) is 6.79 Å². The Morgan fingerprint density at radius 2 is 1.65 bits per heavy atom. The maximum Gasteiger partial charge on any atom is 0.416 e. The van der Waals surface area contributed by atoms with Crippen LogP contribution in [0.4, 0.5) is 30.7 Å². The van der Waals surface area contributed by atoms with Gasteiger partial charge >= 0.3 is 12.4 Å². The van der Waals surface area contributed by atoms with E-state index in [1.54, 1.807) is 0 Å². The monoisotopic (exact) mass is 716 g/mol. The van der Waals surface area contributed by atoms with E-state index in [4.69, 9.17) is 23.5 Å². The van der Waals surface area contributed by atoms with Gasteiger partial charge in [-0.1, -0.05) is 31.8 Å². The molecule has 1 amide bonds. The first-order valence-corrected chi connectivity index (χ1v) is 19.2. The van der Waals surface area contributed by atoms with Crippen LogP contribution in [-0.4, -0.2) is 57.1 Å². The Morgan fingerprint density at radius 1 is 1.00 bits per heavy atom. The van der Waals surface area contributed by atoms with E-state index in [2.05, 4.69) is 24.8 Å². The standard InChI is InChI=1S/C33H35F7N2O6Si/c1-19(21-11-23(32(35,36)37)13-24(12-21)33(38,39)40)47-31-29(20-5-7-25(34)8-6-20)26-16-42(15-22(26)17-45-31)30(43)27-14-28(41-48-27)46-18-44-9-10-49(2,3)4/h5-8,11-14,19,22,26H,9-10,15-18H2,1-4H3/t19-,22+,26-/m1/s1. The summed E-state index contributed by atoms with van der Waals surface area (Å²) in [6.45, 7) is 8.78. The molecule has 0 saturated carbocycles. The molecular formula is C33H35F7N2O6Si. The number of halogens is 7. The molecule has 2 aliphatic rings. The molecule has 2 aromatic carbocycles. The van der Waals surface area contributed by atoms with E-state index in [1.165, 1.54) is 42.2 Å². The summed E-state index contributed by atoms with van der Waals surface area (Å²) >= 11 is 0. The molecule has 0 bridgehead atoms. The number of benzene rings is 2. The van der Waals surface area contributed by atoms with Gasteiger partial charge in [-0.15, -0.1) is 0 Å². The second-order valence-corrected chi connectivity index (χ2v) is 18.8. The number of ether oxygens (including phenoxy) is 4. The first-order chi connectivity index (χ1) is 22.9. The van der Waals surface area contributed by atoms with Crippen LogP contribution in [0, 0.1) is 17.7 Å². The molecule has 0 aliphatic carbocycles. The maximum atomic E-state index is 13.9.